The van der Waals surface area contributed by atoms with E-state index in [1.54, 1.807) is 9.47 Å². The molecule has 3 aliphatic rings. The first kappa shape index (κ1) is 29.0. The summed E-state index contributed by atoms with van der Waals surface area (Å²) in [5, 5.41) is 11.9. The average molecular weight is 611 g/mol. The molecule has 3 fully saturated rings. The molecular weight excluding hydrogens is 582 g/mol. The number of carbonyl (C=O) groups excluding carboxylic acids is 3. The van der Waals surface area contributed by atoms with Crippen molar-refractivity contribution in [2.45, 2.75) is 31.9 Å². The van der Waals surface area contributed by atoms with Gasteiger partial charge in [-0.25, -0.2) is 23.4 Å². The number of carboxylic acid groups (broad SMARTS) is 1. The van der Waals surface area contributed by atoms with Crippen molar-refractivity contribution in [3.63, 3.8) is 0 Å². The van der Waals surface area contributed by atoms with Crippen LogP contribution in [0.2, 0.25) is 0 Å². The van der Waals surface area contributed by atoms with E-state index >= 15 is 8.78 Å². The molecule has 2 saturated heterocycles. The summed E-state index contributed by atoms with van der Waals surface area (Å²) in [6.45, 7) is 2.18. The van der Waals surface area contributed by atoms with Crippen LogP contribution in [0.3, 0.4) is 0 Å². The summed E-state index contributed by atoms with van der Waals surface area (Å²) in [7, 11) is 0. The summed E-state index contributed by atoms with van der Waals surface area (Å²) in [6.07, 6.45) is 1.53. The molecule has 44 heavy (non-hydrogen) atoms. The third kappa shape index (κ3) is 5.40. The van der Waals surface area contributed by atoms with Crippen LogP contribution in [0.15, 0.2) is 35.3 Å². The number of carbonyl (C=O) groups is 4. The van der Waals surface area contributed by atoms with Crippen molar-refractivity contribution < 1.29 is 37.8 Å². The van der Waals surface area contributed by atoms with Gasteiger partial charge in [-0.2, -0.15) is 0 Å². The minimum absolute atomic E-state index is 0.0219. The molecule has 1 unspecified atom stereocenters. The quantitative estimate of drug-likeness (QED) is 0.410. The predicted octanol–water partition coefficient (Wildman–Crippen LogP) is 2.13. The largest absolute Gasteiger partial charge is 0.477 e. The molecule has 3 aromatic rings. The van der Waals surface area contributed by atoms with Crippen LogP contribution in [-0.4, -0.2) is 88.8 Å². The number of amides is 3. The van der Waals surface area contributed by atoms with E-state index in [0.717, 1.165) is 25.0 Å². The third-order valence-corrected chi connectivity index (χ3v) is 7.92. The van der Waals surface area contributed by atoms with Gasteiger partial charge in [0.2, 0.25) is 11.3 Å². The van der Waals surface area contributed by atoms with Crippen molar-refractivity contribution in [1.29, 1.82) is 0 Å². The lowest BCUT2D eigenvalue weighted by Gasteiger charge is -2.35. The molecule has 0 spiro atoms. The Labute approximate surface area is 248 Å². The molecule has 0 bridgehead atoms. The Balaban J connectivity index is 1.16. The number of aromatic carboxylic acids is 1. The van der Waals surface area contributed by atoms with Crippen LogP contribution in [0.5, 0.6) is 0 Å². The average Bonchev–Trinajstić information content (AvgIpc) is 3.77. The topological polar surface area (TPSA) is 154 Å². The molecule has 2 aromatic heterocycles. The number of carboxylic acids is 1. The normalized spacial score (nSPS) is 18.5. The number of hydrogen-bond donors (Lipinski definition) is 2. The maximum Gasteiger partial charge on any atom is 0.414 e. The highest BCUT2D eigenvalue weighted by atomic mass is 19.1. The Morgan fingerprint density at radius 3 is 2.41 bits per heavy atom. The fraction of sp³-hybridized carbons (Fsp3) is 0.379. The van der Waals surface area contributed by atoms with Gasteiger partial charge >= 0.3 is 12.1 Å². The van der Waals surface area contributed by atoms with E-state index in [2.05, 4.69) is 10.3 Å². The molecule has 1 saturated carbocycles. The number of ether oxygens (including phenoxy) is 1. The SMILES string of the molecule is CC(=O)NCC1CN(c2ccc(C(=O)N3CCN(c4nc5c(cc4F)c(=O)c(C(=O)O)cn5C4CC4)CC3)c(F)c2)C(=O)O1. The van der Waals surface area contributed by atoms with Crippen LogP contribution >= 0.6 is 0 Å². The molecule has 15 heteroatoms. The second-order valence-electron chi connectivity index (χ2n) is 11.0. The van der Waals surface area contributed by atoms with Crippen LogP contribution < -0.4 is 20.5 Å². The van der Waals surface area contributed by atoms with E-state index in [0.29, 0.717) is 0 Å². The summed E-state index contributed by atoms with van der Waals surface area (Å²) in [6, 6.07) is 4.80. The lowest BCUT2D eigenvalue weighted by Crippen LogP contribution is -2.49. The number of hydrogen-bond acceptors (Lipinski definition) is 8. The molecule has 0 radical (unpaired) electrons. The van der Waals surface area contributed by atoms with E-state index in [-0.39, 0.29) is 79.3 Å². The smallest absolute Gasteiger partial charge is 0.414 e. The predicted molar refractivity (Wildman–Crippen MR) is 152 cm³/mol. The Hall–Kier alpha value is -5.08. The number of aromatic nitrogens is 2. The van der Waals surface area contributed by atoms with Gasteiger partial charge in [-0.15, -0.1) is 0 Å². The Morgan fingerprint density at radius 2 is 1.77 bits per heavy atom. The molecule has 2 N–H and O–H groups in total. The van der Waals surface area contributed by atoms with Crippen molar-refractivity contribution in [2.24, 2.45) is 0 Å². The number of cyclic esters (lactones) is 1. The monoisotopic (exact) mass is 610 g/mol. The van der Waals surface area contributed by atoms with E-state index in [9.17, 15) is 29.1 Å². The van der Waals surface area contributed by atoms with E-state index in [1.165, 1.54) is 35.1 Å². The molecule has 1 atom stereocenters. The zero-order valence-corrected chi connectivity index (χ0v) is 23.6. The van der Waals surface area contributed by atoms with Gasteiger partial charge in [0.05, 0.1) is 29.7 Å². The third-order valence-electron chi connectivity index (χ3n) is 7.92. The van der Waals surface area contributed by atoms with Crippen LogP contribution in [0, 0.1) is 11.6 Å². The zero-order chi connectivity index (χ0) is 31.3. The van der Waals surface area contributed by atoms with Gasteiger partial charge in [0.25, 0.3) is 5.91 Å². The number of nitrogens with zero attached hydrogens (tertiary/aromatic N) is 5. The van der Waals surface area contributed by atoms with Crippen molar-refractivity contribution in [3.8, 4) is 0 Å². The number of nitrogens with one attached hydrogen (secondary N) is 1. The summed E-state index contributed by atoms with van der Waals surface area (Å²) >= 11 is 0. The van der Waals surface area contributed by atoms with Crippen LogP contribution in [0.25, 0.3) is 11.0 Å². The number of fused-ring (bicyclic) bond motifs is 1. The minimum Gasteiger partial charge on any atom is -0.477 e. The van der Waals surface area contributed by atoms with Gasteiger partial charge in [-0.1, -0.05) is 0 Å². The maximum absolute atomic E-state index is 15.2. The standard InChI is InChI=1S/C29H28F2N6O7/c1-15(38)32-12-18-13-37(29(43)44-18)17-4-5-19(22(30)10-17)27(40)35-8-6-34(7-9-35)26-23(31)11-20-24(39)21(28(41)42)14-36(16-2-3-16)25(20)33-26/h4-5,10-11,14,16,18H,2-3,6-9,12-13H2,1H3,(H,32,38)(H,41,42). The second-order valence-corrected chi connectivity index (χ2v) is 11.0. The summed E-state index contributed by atoms with van der Waals surface area (Å²) < 4.78 is 37.2. The fourth-order valence-electron chi connectivity index (χ4n) is 5.48. The van der Waals surface area contributed by atoms with Gasteiger partial charge in [0.15, 0.2) is 11.6 Å². The molecule has 4 heterocycles. The van der Waals surface area contributed by atoms with E-state index in [1.807, 2.05) is 0 Å². The number of halogens is 2. The Kier molecular flexibility index (Phi) is 7.39. The van der Waals surface area contributed by atoms with Gasteiger partial charge in [0.1, 0.15) is 23.1 Å². The molecule has 1 aliphatic carbocycles. The molecule has 13 nitrogen and oxygen atoms in total. The van der Waals surface area contributed by atoms with Crippen molar-refractivity contribution >= 4 is 46.4 Å². The number of piperazine rings is 1. The van der Waals surface area contributed by atoms with Crippen LogP contribution in [0.4, 0.5) is 25.1 Å². The fourth-order valence-corrected chi connectivity index (χ4v) is 5.48. The zero-order valence-electron chi connectivity index (χ0n) is 23.6. The summed E-state index contributed by atoms with van der Waals surface area (Å²) in [5.41, 5.74) is -1.04. The lowest BCUT2D eigenvalue weighted by molar-refractivity contribution is -0.119. The second kappa shape index (κ2) is 11.2. The lowest BCUT2D eigenvalue weighted by atomic mass is 10.1. The van der Waals surface area contributed by atoms with Gasteiger partial charge in [0, 0.05) is 45.3 Å². The van der Waals surface area contributed by atoms with Gasteiger partial charge in [-0.05, 0) is 37.1 Å². The maximum atomic E-state index is 15.2. The van der Waals surface area contributed by atoms with E-state index in [4.69, 9.17) is 4.74 Å². The molecule has 3 amide bonds. The summed E-state index contributed by atoms with van der Waals surface area (Å²) in [4.78, 5) is 69.7. The molecule has 6 rings (SSSR count). The molecule has 2 aliphatic heterocycles. The minimum atomic E-state index is -1.39. The number of rotatable bonds is 7. The first-order chi connectivity index (χ1) is 21.0. The summed E-state index contributed by atoms with van der Waals surface area (Å²) in [5.74, 6) is -3.88. The number of benzene rings is 1. The van der Waals surface area contributed by atoms with Gasteiger partial charge in [-0.3, -0.25) is 19.3 Å². The van der Waals surface area contributed by atoms with Crippen molar-refractivity contribution in [2.75, 3.05) is 49.1 Å². The molecule has 1 aromatic carbocycles. The van der Waals surface area contributed by atoms with Crippen molar-refractivity contribution in [3.05, 3.63) is 63.4 Å². The van der Waals surface area contributed by atoms with Crippen LogP contribution in [-0.2, 0) is 9.53 Å². The number of pyridine rings is 2. The highest BCUT2D eigenvalue weighted by Crippen LogP contribution is 2.37. The van der Waals surface area contributed by atoms with E-state index < -0.39 is 46.7 Å². The van der Waals surface area contributed by atoms with Gasteiger partial charge < -0.3 is 29.5 Å². The molecule has 230 valence electrons. The molecular formula is C29H28F2N6O7. The Morgan fingerprint density at radius 1 is 1.05 bits per heavy atom. The number of anilines is 2. The Bertz CT molecular complexity index is 1770. The highest BCUT2D eigenvalue weighted by Gasteiger charge is 2.34. The van der Waals surface area contributed by atoms with Crippen molar-refractivity contribution in [1.82, 2.24) is 19.8 Å². The first-order valence-electron chi connectivity index (χ1n) is 14.1. The first-order valence-corrected chi connectivity index (χ1v) is 14.1. The highest BCUT2D eigenvalue weighted by molar-refractivity contribution is 5.96. The van der Waals surface area contributed by atoms with Crippen LogP contribution in [0.1, 0.15) is 46.5 Å².